The standard InChI is InChI=1S/C21H24FNO5/c1-21(2,12-14-6-4-5-7-17(14)27-3)20(26)23-13-18(19(24)25)28-16-10-8-15(22)9-11-16/h4-11,18H,12-13H2,1-3H3,(H,23,26)(H,24,25). The lowest BCUT2D eigenvalue weighted by Crippen LogP contribution is -2.45. The molecule has 1 atom stereocenters. The molecule has 0 saturated heterocycles. The maximum absolute atomic E-state index is 13.0. The highest BCUT2D eigenvalue weighted by Crippen LogP contribution is 2.28. The summed E-state index contributed by atoms with van der Waals surface area (Å²) in [5.74, 6) is -1.10. The van der Waals surface area contributed by atoms with E-state index in [-0.39, 0.29) is 18.2 Å². The quantitative estimate of drug-likeness (QED) is 0.689. The van der Waals surface area contributed by atoms with Gasteiger partial charge in [-0.3, -0.25) is 4.79 Å². The van der Waals surface area contributed by atoms with Crippen LogP contribution in [0.25, 0.3) is 0 Å². The molecule has 0 aromatic heterocycles. The van der Waals surface area contributed by atoms with E-state index in [1.54, 1.807) is 21.0 Å². The van der Waals surface area contributed by atoms with E-state index in [9.17, 15) is 19.1 Å². The number of hydrogen-bond acceptors (Lipinski definition) is 4. The van der Waals surface area contributed by atoms with Crippen LogP contribution in [0.5, 0.6) is 11.5 Å². The van der Waals surface area contributed by atoms with Crippen molar-refractivity contribution in [1.82, 2.24) is 5.32 Å². The smallest absolute Gasteiger partial charge is 0.346 e. The summed E-state index contributed by atoms with van der Waals surface area (Å²) < 4.78 is 23.6. The van der Waals surface area contributed by atoms with Crippen LogP contribution in [0, 0.1) is 11.2 Å². The number of para-hydroxylation sites is 1. The van der Waals surface area contributed by atoms with Gasteiger partial charge in [-0.1, -0.05) is 32.0 Å². The fourth-order valence-corrected chi connectivity index (χ4v) is 2.69. The van der Waals surface area contributed by atoms with Crippen LogP contribution in [0.3, 0.4) is 0 Å². The fraction of sp³-hybridized carbons (Fsp3) is 0.333. The second-order valence-corrected chi connectivity index (χ2v) is 6.98. The highest BCUT2D eigenvalue weighted by atomic mass is 19.1. The molecule has 2 rings (SSSR count). The lowest BCUT2D eigenvalue weighted by atomic mass is 9.84. The molecule has 0 saturated carbocycles. The molecule has 0 aliphatic carbocycles. The molecule has 1 amide bonds. The van der Waals surface area contributed by atoms with Crippen molar-refractivity contribution in [3.8, 4) is 11.5 Å². The molecule has 0 radical (unpaired) electrons. The Hall–Kier alpha value is -3.09. The van der Waals surface area contributed by atoms with E-state index in [0.717, 1.165) is 5.56 Å². The Morgan fingerprint density at radius 1 is 1.14 bits per heavy atom. The normalized spacial score (nSPS) is 12.1. The molecule has 0 spiro atoms. The first-order valence-electron chi connectivity index (χ1n) is 8.78. The second kappa shape index (κ2) is 9.21. The fourth-order valence-electron chi connectivity index (χ4n) is 2.69. The molecule has 2 aromatic carbocycles. The van der Waals surface area contributed by atoms with Crippen molar-refractivity contribution in [1.29, 1.82) is 0 Å². The van der Waals surface area contributed by atoms with Crippen molar-refractivity contribution >= 4 is 11.9 Å². The molecule has 0 aliphatic heterocycles. The Morgan fingerprint density at radius 2 is 1.79 bits per heavy atom. The van der Waals surface area contributed by atoms with Crippen LogP contribution in [0.15, 0.2) is 48.5 Å². The van der Waals surface area contributed by atoms with Crippen molar-refractivity contribution in [2.75, 3.05) is 13.7 Å². The van der Waals surface area contributed by atoms with Crippen LogP contribution in [0.4, 0.5) is 4.39 Å². The zero-order valence-electron chi connectivity index (χ0n) is 16.1. The van der Waals surface area contributed by atoms with Gasteiger partial charge in [-0.15, -0.1) is 0 Å². The summed E-state index contributed by atoms with van der Waals surface area (Å²) in [5, 5.41) is 12.0. The maximum atomic E-state index is 13.0. The van der Waals surface area contributed by atoms with Gasteiger partial charge in [0, 0.05) is 5.41 Å². The van der Waals surface area contributed by atoms with E-state index in [4.69, 9.17) is 9.47 Å². The minimum atomic E-state index is -1.29. The number of carbonyl (C=O) groups excluding carboxylic acids is 1. The van der Waals surface area contributed by atoms with E-state index in [1.807, 2.05) is 24.3 Å². The van der Waals surface area contributed by atoms with E-state index in [1.165, 1.54) is 24.3 Å². The maximum Gasteiger partial charge on any atom is 0.346 e. The number of halogens is 1. The molecule has 0 aliphatic rings. The van der Waals surface area contributed by atoms with Gasteiger partial charge in [0.2, 0.25) is 12.0 Å². The average Bonchev–Trinajstić information content (AvgIpc) is 2.66. The van der Waals surface area contributed by atoms with Crippen molar-refractivity contribution in [3.05, 3.63) is 59.9 Å². The number of hydrogen-bond donors (Lipinski definition) is 2. The van der Waals surface area contributed by atoms with Crippen LogP contribution >= 0.6 is 0 Å². The first kappa shape index (κ1) is 21.2. The number of nitrogens with one attached hydrogen (secondary N) is 1. The monoisotopic (exact) mass is 389 g/mol. The van der Waals surface area contributed by atoms with Crippen LogP contribution in [0.1, 0.15) is 19.4 Å². The molecule has 28 heavy (non-hydrogen) atoms. The van der Waals surface area contributed by atoms with Gasteiger partial charge in [-0.25, -0.2) is 9.18 Å². The Bertz CT molecular complexity index is 820. The van der Waals surface area contributed by atoms with Crippen LogP contribution in [0.2, 0.25) is 0 Å². The highest BCUT2D eigenvalue weighted by molar-refractivity contribution is 5.83. The van der Waals surface area contributed by atoms with Gasteiger partial charge in [0.05, 0.1) is 13.7 Å². The third kappa shape index (κ3) is 5.70. The molecule has 6 nitrogen and oxygen atoms in total. The first-order valence-corrected chi connectivity index (χ1v) is 8.78. The molecule has 0 heterocycles. The number of aliphatic carboxylic acids is 1. The molecule has 1 unspecified atom stereocenters. The van der Waals surface area contributed by atoms with Crippen LogP contribution < -0.4 is 14.8 Å². The van der Waals surface area contributed by atoms with E-state index >= 15 is 0 Å². The number of amides is 1. The lowest BCUT2D eigenvalue weighted by Gasteiger charge is -2.25. The number of rotatable bonds is 9. The summed E-state index contributed by atoms with van der Waals surface area (Å²) in [6.07, 6.45) is -0.879. The van der Waals surface area contributed by atoms with Crippen LogP contribution in [-0.4, -0.2) is 36.7 Å². The molecule has 0 fully saturated rings. The third-order valence-corrected chi connectivity index (χ3v) is 4.26. The van der Waals surface area contributed by atoms with Crippen molar-refractivity contribution in [2.45, 2.75) is 26.4 Å². The SMILES string of the molecule is COc1ccccc1CC(C)(C)C(=O)NCC(Oc1ccc(F)cc1)C(=O)O. The summed E-state index contributed by atoms with van der Waals surface area (Å²) in [6, 6.07) is 12.4. The van der Waals surface area contributed by atoms with Crippen molar-refractivity contribution in [2.24, 2.45) is 5.41 Å². The van der Waals surface area contributed by atoms with Gasteiger partial charge < -0.3 is 19.9 Å². The molecule has 0 bridgehead atoms. The summed E-state index contributed by atoms with van der Waals surface area (Å²) in [7, 11) is 1.57. The van der Waals surface area contributed by atoms with E-state index in [2.05, 4.69) is 5.32 Å². The lowest BCUT2D eigenvalue weighted by molar-refractivity contribution is -0.145. The van der Waals surface area contributed by atoms with Gasteiger partial charge in [0.1, 0.15) is 17.3 Å². The topological polar surface area (TPSA) is 84.9 Å². The minimum Gasteiger partial charge on any atom is -0.496 e. The zero-order chi connectivity index (χ0) is 20.7. The molecule has 2 aromatic rings. The van der Waals surface area contributed by atoms with Gasteiger partial charge in [-0.05, 0) is 42.3 Å². The van der Waals surface area contributed by atoms with Crippen molar-refractivity contribution in [3.63, 3.8) is 0 Å². The number of carboxylic acids is 1. The Labute approximate surface area is 163 Å². The number of carboxylic acid groups (broad SMARTS) is 1. The second-order valence-electron chi connectivity index (χ2n) is 6.98. The number of benzene rings is 2. The summed E-state index contributed by atoms with van der Waals surface area (Å²) in [4.78, 5) is 24.1. The Balaban J connectivity index is 2.00. The summed E-state index contributed by atoms with van der Waals surface area (Å²) in [6.45, 7) is 3.32. The highest BCUT2D eigenvalue weighted by Gasteiger charge is 2.30. The number of methoxy groups -OCH3 is 1. The van der Waals surface area contributed by atoms with Crippen LogP contribution in [-0.2, 0) is 16.0 Å². The zero-order valence-corrected chi connectivity index (χ0v) is 16.1. The number of carbonyl (C=O) groups is 2. The largest absolute Gasteiger partial charge is 0.496 e. The summed E-state index contributed by atoms with van der Waals surface area (Å²) >= 11 is 0. The van der Waals surface area contributed by atoms with Gasteiger partial charge >= 0.3 is 5.97 Å². The van der Waals surface area contributed by atoms with Gasteiger partial charge in [0.15, 0.2) is 0 Å². The summed E-state index contributed by atoms with van der Waals surface area (Å²) in [5.41, 5.74) is 0.0793. The molecule has 150 valence electrons. The van der Waals surface area contributed by atoms with E-state index < -0.39 is 23.3 Å². The predicted molar refractivity (Wildman–Crippen MR) is 102 cm³/mol. The number of ether oxygens (including phenoxy) is 2. The average molecular weight is 389 g/mol. The Kier molecular flexibility index (Phi) is 6.98. The molecule has 2 N–H and O–H groups in total. The molecular weight excluding hydrogens is 365 g/mol. The van der Waals surface area contributed by atoms with Gasteiger partial charge in [-0.2, -0.15) is 0 Å². The Morgan fingerprint density at radius 3 is 2.39 bits per heavy atom. The predicted octanol–water partition coefficient (Wildman–Crippen LogP) is 3.05. The molecular formula is C21H24FNO5. The van der Waals surface area contributed by atoms with Gasteiger partial charge in [0.25, 0.3) is 0 Å². The van der Waals surface area contributed by atoms with E-state index in [0.29, 0.717) is 12.2 Å². The minimum absolute atomic E-state index is 0.205. The third-order valence-electron chi connectivity index (χ3n) is 4.26. The molecule has 7 heteroatoms. The van der Waals surface area contributed by atoms with Crippen molar-refractivity contribution < 1.29 is 28.6 Å². The first-order chi connectivity index (χ1) is 13.2.